The summed E-state index contributed by atoms with van der Waals surface area (Å²) in [5.74, 6) is 0. The zero-order chi connectivity index (χ0) is 12.2. The van der Waals surface area contributed by atoms with E-state index < -0.39 is 5.54 Å². The lowest BCUT2D eigenvalue weighted by atomic mass is 9.98. The van der Waals surface area contributed by atoms with Gasteiger partial charge in [0, 0.05) is 24.2 Å². The first-order valence-electron chi connectivity index (χ1n) is 5.58. The monoisotopic (exact) mass is 216 g/mol. The molecule has 2 radical (unpaired) electrons. The second-order valence-electron chi connectivity index (χ2n) is 5.22. The molecule has 4 nitrogen and oxygen atoms in total. The Morgan fingerprint density at radius 2 is 1.47 bits per heavy atom. The van der Waals surface area contributed by atoms with Gasteiger partial charge in [0.2, 0.25) is 0 Å². The van der Waals surface area contributed by atoms with Gasteiger partial charge in [0.05, 0.1) is 0 Å². The van der Waals surface area contributed by atoms with Crippen molar-refractivity contribution in [3.63, 3.8) is 0 Å². The molecule has 0 saturated heterocycles. The fraction of sp³-hybridized carbons (Fsp3) is 1.00. The Kier molecular flexibility index (Phi) is 5.73. The lowest BCUT2D eigenvalue weighted by molar-refractivity contribution is -0.248. The van der Waals surface area contributed by atoms with Crippen LogP contribution in [0.1, 0.15) is 48.0 Å². The average Bonchev–Trinajstić information content (AvgIpc) is 2.12. The molecule has 0 aliphatic carbocycles. The molecule has 0 unspecified atom stereocenters. The van der Waals surface area contributed by atoms with Crippen molar-refractivity contribution in [2.45, 2.75) is 65.6 Å². The quantitative estimate of drug-likeness (QED) is 0.639. The van der Waals surface area contributed by atoms with Crippen LogP contribution in [0, 0.1) is 0 Å². The molecular weight excluding hydrogens is 192 g/mol. The van der Waals surface area contributed by atoms with Crippen molar-refractivity contribution < 1.29 is 10.4 Å². The Morgan fingerprint density at radius 3 is 1.80 bits per heavy atom. The van der Waals surface area contributed by atoms with Gasteiger partial charge in [-0.05, 0) is 48.0 Å². The summed E-state index contributed by atoms with van der Waals surface area (Å²) in [6.07, 6.45) is 0.594. The maximum absolute atomic E-state index is 11.7. The Bertz CT molecular complexity index is 181. The van der Waals surface area contributed by atoms with Crippen LogP contribution in [-0.2, 0) is 10.4 Å². The topological polar surface area (TPSA) is 46.3 Å². The summed E-state index contributed by atoms with van der Waals surface area (Å²) in [7, 11) is 0. The standard InChI is InChI=1S/C11H24N2O2/c1-9(2)12(14)8-7-11(5,6)13(15)10(3)4/h9-10H,7-8H2,1-6H3. The first-order valence-corrected chi connectivity index (χ1v) is 5.58. The van der Waals surface area contributed by atoms with Crippen molar-refractivity contribution in [3.05, 3.63) is 0 Å². The van der Waals surface area contributed by atoms with Crippen molar-refractivity contribution in [2.24, 2.45) is 0 Å². The van der Waals surface area contributed by atoms with Crippen LogP contribution < -0.4 is 0 Å². The van der Waals surface area contributed by atoms with Gasteiger partial charge in [-0.25, -0.2) is 0 Å². The molecule has 15 heavy (non-hydrogen) atoms. The number of hydrogen-bond donors (Lipinski definition) is 0. The molecule has 0 aromatic carbocycles. The minimum atomic E-state index is -0.467. The average molecular weight is 216 g/mol. The predicted molar refractivity (Wildman–Crippen MR) is 58.9 cm³/mol. The smallest absolute Gasteiger partial charge is 0.0453 e. The summed E-state index contributed by atoms with van der Waals surface area (Å²) in [6.45, 7) is 11.6. The summed E-state index contributed by atoms with van der Waals surface area (Å²) in [5.41, 5.74) is -0.467. The van der Waals surface area contributed by atoms with Crippen LogP contribution in [0.2, 0.25) is 0 Å². The van der Waals surface area contributed by atoms with Gasteiger partial charge in [0.25, 0.3) is 0 Å². The highest BCUT2D eigenvalue weighted by atomic mass is 16.5. The van der Waals surface area contributed by atoms with Gasteiger partial charge in [0.1, 0.15) is 0 Å². The molecule has 0 amide bonds. The summed E-state index contributed by atoms with van der Waals surface area (Å²) in [4.78, 5) is 0. The minimum absolute atomic E-state index is 0.0139. The first-order chi connectivity index (χ1) is 6.68. The van der Waals surface area contributed by atoms with E-state index in [2.05, 4.69) is 0 Å². The highest BCUT2D eigenvalue weighted by Crippen LogP contribution is 2.20. The third-order valence-corrected chi connectivity index (χ3v) is 2.59. The van der Waals surface area contributed by atoms with E-state index in [1.54, 1.807) is 0 Å². The lowest BCUT2D eigenvalue weighted by Crippen LogP contribution is -2.46. The number of hydrogen-bond acceptors (Lipinski definition) is 2. The van der Waals surface area contributed by atoms with Gasteiger partial charge in [-0.2, -0.15) is 5.06 Å². The second-order valence-corrected chi connectivity index (χ2v) is 5.22. The molecule has 0 fully saturated rings. The highest BCUT2D eigenvalue weighted by Gasteiger charge is 2.29. The second kappa shape index (κ2) is 5.80. The van der Waals surface area contributed by atoms with Crippen molar-refractivity contribution in [3.8, 4) is 0 Å². The summed E-state index contributed by atoms with van der Waals surface area (Å²) >= 11 is 0. The Hall–Kier alpha value is -0.160. The number of hydroxylamine groups is 4. The van der Waals surface area contributed by atoms with Crippen LogP contribution in [0.5, 0.6) is 0 Å². The zero-order valence-electron chi connectivity index (χ0n) is 10.8. The predicted octanol–water partition coefficient (Wildman–Crippen LogP) is 2.27. The van der Waals surface area contributed by atoms with Crippen LogP contribution in [0.3, 0.4) is 0 Å². The van der Waals surface area contributed by atoms with Gasteiger partial charge in [-0.1, -0.05) is 0 Å². The van der Waals surface area contributed by atoms with Gasteiger partial charge in [0.15, 0.2) is 0 Å². The molecular formula is C11H24N2O2. The fourth-order valence-electron chi connectivity index (χ4n) is 1.45. The lowest BCUT2D eigenvalue weighted by Gasteiger charge is -2.35. The molecule has 0 aliphatic heterocycles. The maximum atomic E-state index is 11.7. The maximum Gasteiger partial charge on any atom is 0.0453 e. The van der Waals surface area contributed by atoms with Crippen LogP contribution in [-0.4, -0.2) is 34.3 Å². The van der Waals surface area contributed by atoms with Crippen molar-refractivity contribution >= 4 is 0 Å². The minimum Gasteiger partial charge on any atom is -0.152 e. The molecule has 4 heteroatoms. The molecule has 0 rings (SSSR count). The SMILES string of the molecule is CC(C)N([O])CCC(C)(C)N([O])C(C)C. The van der Waals surface area contributed by atoms with E-state index in [0.29, 0.717) is 13.0 Å². The Labute approximate surface area is 93.4 Å². The van der Waals surface area contributed by atoms with E-state index in [1.807, 2.05) is 41.5 Å². The summed E-state index contributed by atoms with van der Waals surface area (Å²) < 4.78 is 0. The van der Waals surface area contributed by atoms with Gasteiger partial charge < -0.3 is 0 Å². The van der Waals surface area contributed by atoms with E-state index in [0.717, 1.165) is 10.1 Å². The van der Waals surface area contributed by atoms with Gasteiger partial charge >= 0.3 is 0 Å². The molecule has 0 N–H and O–H groups in total. The van der Waals surface area contributed by atoms with Crippen molar-refractivity contribution in [1.29, 1.82) is 0 Å². The largest absolute Gasteiger partial charge is 0.152 e. The van der Waals surface area contributed by atoms with Crippen LogP contribution in [0.25, 0.3) is 0 Å². The third-order valence-electron chi connectivity index (χ3n) is 2.59. The highest BCUT2D eigenvalue weighted by molar-refractivity contribution is 4.79. The fourth-order valence-corrected chi connectivity index (χ4v) is 1.45. The number of nitrogens with zero attached hydrogens (tertiary/aromatic N) is 2. The van der Waals surface area contributed by atoms with Gasteiger partial charge in [-0.3, -0.25) is 0 Å². The van der Waals surface area contributed by atoms with Crippen LogP contribution in [0.4, 0.5) is 0 Å². The summed E-state index contributed by atoms with van der Waals surface area (Å²) in [6, 6.07) is -0.0564. The van der Waals surface area contributed by atoms with E-state index in [-0.39, 0.29) is 12.1 Å². The normalized spacial score (nSPS) is 13.6. The van der Waals surface area contributed by atoms with E-state index in [4.69, 9.17) is 0 Å². The molecule has 0 atom stereocenters. The van der Waals surface area contributed by atoms with E-state index in [9.17, 15) is 10.4 Å². The first kappa shape index (κ1) is 14.8. The van der Waals surface area contributed by atoms with Crippen molar-refractivity contribution in [1.82, 2.24) is 10.1 Å². The van der Waals surface area contributed by atoms with E-state index >= 15 is 0 Å². The van der Waals surface area contributed by atoms with Crippen molar-refractivity contribution in [2.75, 3.05) is 6.54 Å². The molecule has 0 saturated carbocycles. The van der Waals surface area contributed by atoms with E-state index in [1.165, 1.54) is 0 Å². The summed E-state index contributed by atoms with van der Waals surface area (Å²) in [5, 5.41) is 25.2. The molecule has 0 aromatic rings. The van der Waals surface area contributed by atoms with Crippen LogP contribution in [0.15, 0.2) is 0 Å². The Balaban J connectivity index is 4.15. The third kappa shape index (κ3) is 4.93. The van der Waals surface area contributed by atoms with Gasteiger partial charge in [-0.15, -0.1) is 15.5 Å². The number of rotatable bonds is 6. The molecule has 0 bridgehead atoms. The van der Waals surface area contributed by atoms with Crippen LogP contribution >= 0.6 is 0 Å². The molecule has 0 spiro atoms. The Morgan fingerprint density at radius 1 is 1.00 bits per heavy atom. The molecule has 90 valence electrons. The zero-order valence-corrected chi connectivity index (χ0v) is 10.8. The molecule has 0 aliphatic rings. The molecule has 0 aromatic heterocycles. The molecule has 0 heterocycles.